The van der Waals surface area contributed by atoms with Gasteiger partial charge in [-0.3, -0.25) is 9.69 Å². The number of carboxylic acids is 1. The van der Waals surface area contributed by atoms with Crippen molar-refractivity contribution in [2.45, 2.75) is 13.0 Å². The Morgan fingerprint density at radius 1 is 1.55 bits per heavy atom. The highest BCUT2D eigenvalue weighted by Gasteiger charge is 2.38. The molecule has 104 valence electrons. The van der Waals surface area contributed by atoms with Crippen molar-refractivity contribution in [2.75, 3.05) is 0 Å². The third-order valence-corrected chi connectivity index (χ3v) is 4.05. The van der Waals surface area contributed by atoms with Crippen LogP contribution < -0.4 is 0 Å². The van der Waals surface area contributed by atoms with Crippen molar-refractivity contribution in [3.63, 3.8) is 0 Å². The van der Waals surface area contributed by atoms with Crippen LogP contribution in [0, 0.1) is 5.82 Å². The molecule has 0 bridgehead atoms. The van der Waals surface area contributed by atoms with Crippen molar-refractivity contribution in [1.29, 1.82) is 0 Å². The maximum atomic E-state index is 13.1. The lowest BCUT2D eigenvalue weighted by Gasteiger charge is -2.18. The molecule has 4 nitrogen and oxygen atoms in total. The minimum Gasteiger partial charge on any atom is -0.480 e. The molecule has 0 unspecified atom stereocenters. The average molecular weight is 311 g/mol. The molecule has 1 aromatic carbocycles. The average Bonchev–Trinajstić information content (AvgIpc) is 2.63. The molecule has 1 fully saturated rings. The Balaban J connectivity index is 2.30. The molecular weight excluding hydrogens is 301 g/mol. The molecule has 1 atom stereocenters. The van der Waals surface area contributed by atoms with Crippen LogP contribution in [0.2, 0.25) is 0 Å². The second kappa shape index (κ2) is 5.72. The number of carboxylic acid groups (broad SMARTS) is 1. The molecule has 1 amide bonds. The molecule has 1 aliphatic rings. The highest BCUT2D eigenvalue weighted by molar-refractivity contribution is 8.26. The normalized spacial score (nSPS) is 18.7. The van der Waals surface area contributed by atoms with Gasteiger partial charge in [0, 0.05) is 0 Å². The fourth-order valence-electron chi connectivity index (χ4n) is 1.67. The van der Waals surface area contributed by atoms with Crippen molar-refractivity contribution >= 4 is 46.3 Å². The number of rotatable bonds is 3. The van der Waals surface area contributed by atoms with Gasteiger partial charge in [0.1, 0.15) is 16.2 Å². The van der Waals surface area contributed by atoms with Gasteiger partial charge >= 0.3 is 5.97 Å². The Hall–Kier alpha value is -1.73. The van der Waals surface area contributed by atoms with Gasteiger partial charge in [0.15, 0.2) is 0 Å². The number of carbonyl (C=O) groups excluding carboxylic acids is 1. The van der Waals surface area contributed by atoms with Gasteiger partial charge in [0.2, 0.25) is 0 Å². The molecule has 20 heavy (non-hydrogen) atoms. The third-order valence-electron chi connectivity index (χ3n) is 2.71. The number of hydrogen-bond acceptors (Lipinski definition) is 4. The quantitative estimate of drug-likeness (QED) is 0.686. The Bertz CT molecular complexity index is 630. The van der Waals surface area contributed by atoms with Crippen molar-refractivity contribution < 1.29 is 19.1 Å². The van der Waals surface area contributed by atoms with E-state index in [1.54, 1.807) is 6.07 Å². The number of benzene rings is 1. The molecule has 1 aliphatic heterocycles. The fourth-order valence-corrected chi connectivity index (χ4v) is 3.09. The van der Waals surface area contributed by atoms with E-state index < -0.39 is 23.7 Å². The van der Waals surface area contributed by atoms with Crippen molar-refractivity contribution in [2.24, 2.45) is 0 Å². The second-order valence-electron chi connectivity index (χ2n) is 4.12. The number of thiocarbonyl (C=S) groups is 1. The molecule has 0 aliphatic carbocycles. The molecule has 1 heterocycles. The minimum atomic E-state index is -1.13. The molecule has 0 radical (unpaired) electrons. The number of halogens is 1. The van der Waals surface area contributed by atoms with E-state index in [-0.39, 0.29) is 9.23 Å². The van der Waals surface area contributed by atoms with Crippen LogP contribution in [0.4, 0.5) is 4.39 Å². The van der Waals surface area contributed by atoms with Crippen molar-refractivity contribution in [1.82, 2.24) is 4.90 Å². The number of thioether (sulfide) groups is 1. The maximum absolute atomic E-state index is 13.1. The number of amides is 1. The zero-order valence-corrected chi connectivity index (χ0v) is 12.0. The van der Waals surface area contributed by atoms with Gasteiger partial charge in [-0.25, -0.2) is 9.18 Å². The van der Waals surface area contributed by atoms with Crippen LogP contribution in [0.15, 0.2) is 29.2 Å². The zero-order chi connectivity index (χ0) is 14.9. The maximum Gasteiger partial charge on any atom is 0.326 e. The number of carbonyl (C=O) groups is 2. The van der Waals surface area contributed by atoms with E-state index in [4.69, 9.17) is 17.3 Å². The van der Waals surface area contributed by atoms with Crippen LogP contribution in [0.5, 0.6) is 0 Å². The van der Waals surface area contributed by atoms with Gasteiger partial charge in [0.25, 0.3) is 5.91 Å². The van der Waals surface area contributed by atoms with E-state index in [0.717, 1.165) is 16.7 Å². The van der Waals surface area contributed by atoms with Gasteiger partial charge in [-0.1, -0.05) is 36.1 Å². The lowest BCUT2D eigenvalue weighted by atomic mass is 10.2. The fraction of sp³-hybridized carbons (Fsp3) is 0.154. The summed E-state index contributed by atoms with van der Waals surface area (Å²) < 4.78 is 13.3. The van der Waals surface area contributed by atoms with E-state index in [1.165, 1.54) is 31.2 Å². The van der Waals surface area contributed by atoms with Crippen LogP contribution in [0.25, 0.3) is 6.08 Å². The monoisotopic (exact) mass is 311 g/mol. The van der Waals surface area contributed by atoms with Gasteiger partial charge in [-0.05, 0) is 30.7 Å². The number of hydrogen-bond donors (Lipinski definition) is 1. The first kappa shape index (κ1) is 14.7. The van der Waals surface area contributed by atoms with Gasteiger partial charge in [0.05, 0.1) is 4.91 Å². The highest BCUT2D eigenvalue weighted by Crippen LogP contribution is 2.33. The third kappa shape index (κ3) is 2.88. The standard InChI is InChI=1S/C13H10FNO3S2/c1-7(12(17)18)15-11(16)10(20-13(15)19)6-8-3-2-4-9(14)5-8/h2-7H,1H3,(H,17,18)/b10-6-/t7-/m0/s1. The van der Waals surface area contributed by atoms with E-state index in [0.29, 0.717) is 5.56 Å². The summed E-state index contributed by atoms with van der Waals surface area (Å²) in [6.07, 6.45) is 1.50. The molecule has 0 saturated carbocycles. The Morgan fingerprint density at radius 3 is 2.85 bits per heavy atom. The van der Waals surface area contributed by atoms with Crippen LogP contribution in [0.3, 0.4) is 0 Å². The molecular formula is C13H10FNO3S2. The minimum absolute atomic E-state index is 0.188. The second-order valence-corrected chi connectivity index (χ2v) is 5.80. The summed E-state index contributed by atoms with van der Waals surface area (Å²) in [7, 11) is 0. The Morgan fingerprint density at radius 2 is 2.25 bits per heavy atom. The van der Waals surface area contributed by atoms with E-state index in [1.807, 2.05) is 0 Å². The molecule has 0 spiro atoms. The number of nitrogens with zero attached hydrogens (tertiary/aromatic N) is 1. The Labute approximate surface area is 124 Å². The van der Waals surface area contributed by atoms with E-state index in [9.17, 15) is 14.0 Å². The van der Waals surface area contributed by atoms with Crippen LogP contribution in [-0.4, -0.2) is 32.2 Å². The van der Waals surface area contributed by atoms with Crippen LogP contribution in [0.1, 0.15) is 12.5 Å². The first-order valence-corrected chi connectivity index (χ1v) is 6.88. The molecule has 1 N–H and O–H groups in total. The molecule has 7 heteroatoms. The first-order chi connectivity index (χ1) is 9.40. The summed E-state index contributed by atoms with van der Waals surface area (Å²) in [6.45, 7) is 1.39. The van der Waals surface area contributed by atoms with Crippen molar-refractivity contribution in [3.05, 3.63) is 40.6 Å². The summed E-state index contributed by atoms with van der Waals surface area (Å²) in [4.78, 5) is 24.4. The smallest absolute Gasteiger partial charge is 0.326 e. The molecule has 2 rings (SSSR count). The number of aliphatic carboxylic acids is 1. The van der Waals surface area contributed by atoms with Crippen LogP contribution >= 0.6 is 24.0 Å². The lowest BCUT2D eigenvalue weighted by Crippen LogP contribution is -2.41. The predicted octanol–water partition coefficient (Wildman–Crippen LogP) is 2.50. The first-order valence-electron chi connectivity index (χ1n) is 5.65. The molecule has 1 saturated heterocycles. The van der Waals surface area contributed by atoms with Crippen molar-refractivity contribution in [3.8, 4) is 0 Å². The Kier molecular flexibility index (Phi) is 4.20. The van der Waals surface area contributed by atoms with Gasteiger partial charge in [-0.2, -0.15) is 0 Å². The molecule has 1 aromatic rings. The summed E-state index contributed by atoms with van der Waals surface area (Å²) in [6, 6.07) is 4.74. The summed E-state index contributed by atoms with van der Waals surface area (Å²) in [5.74, 6) is -2.01. The van der Waals surface area contributed by atoms with E-state index >= 15 is 0 Å². The lowest BCUT2D eigenvalue weighted by molar-refractivity contribution is -0.144. The summed E-state index contributed by atoms with van der Waals surface area (Å²) >= 11 is 6.03. The van der Waals surface area contributed by atoms with Gasteiger partial charge < -0.3 is 5.11 Å². The topological polar surface area (TPSA) is 57.6 Å². The summed E-state index contributed by atoms with van der Waals surface area (Å²) in [5.41, 5.74) is 0.522. The molecule has 0 aromatic heterocycles. The zero-order valence-electron chi connectivity index (χ0n) is 10.4. The highest BCUT2D eigenvalue weighted by atomic mass is 32.2. The summed E-state index contributed by atoms with van der Waals surface area (Å²) in [5, 5.41) is 8.96. The van der Waals surface area contributed by atoms with Crippen LogP contribution in [-0.2, 0) is 9.59 Å². The van der Waals surface area contributed by atoms with E-state index in [2.05, 4.69) is 0 Å². The predicted molar refractivity (Wildman–Crippen MR) is 78.5 cm³/mol. The SMILES string of the molecule is C[C@@H](C(=O)O)N1C(=O)/C(=C/c2cccc(F)c2)SC1=S. The largest absolute Gasteiger partial charge is 0.480 e. The van der Waals surface area contributed by atoms with Gasteiger partial charge in [-0.15, -0.1) is 0 Å².